The predicted molar refractivity (Wildman–Crippen MR) is 83.1 cm³/mol. The monoisotopic (exact) mass is 305 g/mol. The highest BCUT2D eigenvalue weighted by Gasteiger charge is 2.34. The van der Waals surface area contributed by atoms with Crippen LogP contribution in [0, 0.1) is 6.92 Å². The van der Waals surface area contributed by atoms with E-state index in [0.29, 0.717) is 13.2 Å². The van der Waals surface area contributed by atoms with Gasteiger partial charge in [-0.2, -0.15) is 0 Å². The molecule has 1 unspecified atom stereocenters. The Hall–Kier alpha value is -1.75. The Morgan fingerprint density at radius 2 is 2.05 bits per heavy atom. The van der Waals surface area contributed by atoms with Crippen LogP contribution in [0.1, 0.15) is 24.8 Å². The molecule has 0 aromatic heterocycles. The van der Waals surface area contributed by atoms with E-state index < -0.39 is 0 Å². The number of carbonyl (C=O) groups is 1. The van der Waals surface area contributed by atoms with Gasteiger partial charge in [0.2, 0.25) is 0 Å². The molecule has 2 saturated heterocycles. The Balaban J connectivity index is 1.48. The number of para-hydroxylation sites is 1. The van der Waals surface area contributed by atoms with Gasteiger partial charge in [0.1, 0.15) is 12.4 Å². The molecule has 120 valence electrons. The van der Waals surface area contributed by atoms with Crippen molar-refractivity contribution in [3.8, 4) is 5.75 Å². The molecule has 2 aliphatic heterocycles. The first-order valence-corrected chi connectivity index (χ1v) is 8.20. The van der Waals surface area contributed by atoms with Crippen LogP contribution in [0.2, 0.25) is 0 Å². The minimum Gasteiger partial charge on any atom is -0.489 e. The number of carbonyl (C=O) groups excluding carboxylic acids is 1. The van der Waals surface area contributed by atoms with Crippen LogP contribution in [0.15, 0.2) is 24.3 Å². The first kappa shape index (κ1) is 15.2. The van der Waals surface area contributed by atoms with Crippen LogP contribution in [-0.2, 0) is 4.74 Å². The number of rotatable bonds is 5. The Labute approximate surface area is 131 Å². The topological polar surface area (TPSA) is 43.2 Å². The number of benzene rings is 1. The van der Waals surface area contributed by atoms with Gasteiger partial charge in [0.15, 0.2) is 12.8 Å². The maximum absolute atomic E-state index is 12.0. The van der Waals surface area contributed by atoms with Gasteiger partial charge < -0.3 is 14.4 Å². The summed E-state index contributed by atoms with van der Waals surface area (Å²) in [7, 11) is 0. The van der Waals surface area contributed by atoms with Crippen molar-refractivity contribution in [1.29, 1.82) is 0 Å². The number of amides is 1. The minimum atomic E-state index is -0.198. The fourth-order valence-electron chi connectivity index (χ4n) is 3.17. The van der Waals surface area contributed by atoms with Crippen molar-refractivity contribution in [2.75, 3.05) is 32.9 Å². The lowest BCUT2D eigenvalue weighted by Crippen LogP contribution is -3.14. The summed E-state index contributed by atoms with van der Waals surface area (Å²) in [4.78, 5) is 15.3. The zero-order valence-corrected chi connectivity index (χ0v) is 13.2. The third kappa shape index (κ3) is 3.71. The van der Waals surface area contributed by atoms with Gasteiger partial charge in [-0.25, -0.2) is 4.79 Å². The van der Waals surface area contributed by atoms with Gasteiger partial charge in [-0.3, -0.25) is 4.90 Å². The normalized spacial score (nSPS) is 22.7. The fourth-order valence-corrected chi connectivity index (χ4v) is 3.17. The zero-order chi connectivity index (χ0) is 15.4. The summed E-state index contributed by atoms with van der Waals surface area (Å²) >= 11 is 0. The molecule has 22 heavy (non-hydrogen) atoms. The maximum atomic E-state index is 12.0. The number of likely N-dealkylation sites (tertiary alicyclic amines) is 1. The molecule has 2 heterocycles. The summed E-state index contributed by atoms with van der Waals surface area (Å²) in [5, 5.41) is 0. The second-order valence-electron chi connectivity index (χ2n) is 6.27. The number of nitrogens with zero attached hydrogens (tertiary/aromatic N) is 1. The van der Waals surface area contributed by atoms with E-state index in [9.17, 15) is 4.79 Å². The molecule has 1 aromatic rings. The predicted octanol–water partition coefficient (Wildman–Crippen LogP) is 1.22. The molecule has 0 saturated carbocycles. The van der Waals surface area contributed by atoms with E-state index in [2.05, 4.69) is 0 Å². The standard InChI is InChI=1S/C17H24N2O3/c1-14-7-3-4-8-16(14)21-12-15-11-19(17(20)22-15)13-18-9-5-2-6-10-18/h3-4,7-8,15H,2,5-6,9-13H2,1H3/p+1. The molecule has 0 radical (unpaired) electrons. The van der Waals surface area contributed by atoms with Crippen LogP contribution in [0.25, 0.3) is 0 Å². The summed E-state index contributed by atoms with van der Waals surface area (Å²) in [6.07, 6.45) is 3.48. The Morgan fingerprint density at radius 1 is 1.27 bits per heavy atom. The van der Waals surface area contributed by atoms with Crippen molar-refractivity contribution < 1.29 is 19.2 Å². The molecule has 1 amide bonds. The van der Waals surface area contributed by atoms with E-state index >= 15 is 0 Å². The number of hydrogen-bond donors (Lipinski definition) is 1. The summed E-state index contributed by atoms with van der Waals surface area (Å²) in [5.74, 6) is 0.860. The van der Waals surface area contributed by atoms with Crippen molar-refractivity contribution in [3.63, 3.8) is 0 Å². The van der Waals surface area contributed by atoms with E-state index in [-0.39, 0.29) is 12.2 Å². The van der Waals surface area contributed by atoms with Crippen LogP contribution in [-0.4, -0.2) is 50.0 Å². The van der Waals surface area contributed by atoms with Gasteiger partial charge in [0.25, 0.3) is 0 Å². The lowest BCUT2D eigenvalue weighted by Gasteiger charge is -2.26. The van der Waals surface area contributed by atoms with Crippen LogP contribution < -0.4 is 9.64 Å². The zero-order valence-electron chi connectivity index (χ0n) is 13.2. The first-order valence-electron chi connectivity index (χ1n) is 8.20. The second kappa shape index (κ2) is 7.01. The molecule has 3 rings (SSSR count). The molecule has 0 bridgehead atoms. The van der Waals surface area contributed by atoms with Crippen LogP contribution in [0.3, 0.4) is 0 Å². The summed E-state index contributed by atoms with van der Waals surface area (Å²) in [6, 6.07) is 7.90. The van der Waals surface area contributed by atoms with Gasteiger partial charge in [0.05, 0.1) is 19.6 Å². The third-order valence-electron chi connectivity index (χ3n) is 4.44. The Bertz CT molecular complexity index is 514. The van der Waals surface area contributed by atoms with Gasteiger partial charge in [0, 0.05) is 0 Å². The number of piperidine rings is 1. The molecule has 2 aliphatic rings. The lowest BCUT2D eigenvalue weighted by atomic mass is 10.1. The fraction of sp³-hybridized carbons (Fsp3) is 0.588. The smallest absolute Gasteiger partial charge is 0.414 e. The van der Waals surface area contributed by atoms with Crippen molar-refractivity contribution in [3.05, 3.63) is 29.8 Å². The summed E-state index contributed by atoms with van der Waals surface area (Å²) in [5.41, 5.74) is 1.10. The lowest BCUT2D eigenvalue weighted by molar-refractivity contribution is -0.913. The number of nitrogens with one attached hydrogen (secondary N) is 1. The first-order chi connectivity index (χ1) is 10.7. The molecular formula is C17H25N2O3+. The number of aryl methyl sites for hydroxylation is 1. The average Bonchev–Trinajstić information content (AvgIpc) is 2.88. The molecule has 1 N–H and O–H groups in total. The number of ether oxygens (including phenoxy) is 2. The highest BCUT2D eigenvalue weighted by atomic mass is 16.6. The quantitative estimate of drug-likeness (QED) is 0.889. The number of quaternary nitrogens is 1. The van der Waals surface area contributed by atoms with Gasteiger partial charge in [-0.05, 0) is 37.8 Å². The van der Waals surface area contributed by atoms with Crippen LogP contribution in [0.4, 0.5) is 4.79 Å². The van der Waals surface area contributed by atoms with E-state index in [1.165, 1.54) is 24.2 Å². The summed E-state index contributed by atoms with van der Waals surface area (Å²) < 4.78 is 11.2. The number of hydrogen-bond acceptors (Lipinski definition) is 3. The number of cyclic esters (lactones) is 1. The second-order valence-corrected chi connectivity index (χ2v) is 6.27. The molecule has 1 atom stereocenters. The van der Waals surface area contributed by atoms with Crippen molar-refractivity contribution in [2.24, 2.45) is 0 Å². The van der Waals surface area contributed by atoms with Crippen molar-refractivity contribution >= 4 is 6.09 Å². The largest absolute Gasteiger partial charge is 0.489 e. The molecule has 0 aliphatic carbocycles. The highest BCUT2D eigenvalue weighted by Crippen LogP contribution is 2.18. The van der Waals surface area contributed by atoms with E-state index in [4.69, 9.17) is 9.47 Å². The van der Waals surface area contributed by atoms with Crippen LogP contribution in [0.5, 0.6) is 5.75 Å². The Kier molecular flexibility index (Phi) is 4.83. The van der Waals surface area contributed by atoms with Crippen LogP contribution >= 0.6 is 0 Å². The third-order valence-corrected chi connectivity index (χ3v) is 4.44. The van der Waals surface area contributed by atoms with Gasteiger partial charge >= 0.3 is 6.09 Å². The maximum Gasteiger partial charge on any atom is 0.414 e. The molecule has 1 aromatic carbocycles. The molecule has 5 nitrogen and oxygen atoms in total. The van der Waals surface area contributed by atoms with E-state index in [1.807, 2.05) is 36.1 Å². The van der Waals surface area contributed by atoms with Gasteiger partial charge in [-0.1, -0.05) is 18.2 Å². The Morgan fingerprint density at radius 3 is 2.82 bits per heavy atom. The minimum absolute atomic E-state index is 0.170. The molecule has 0 spiro atoms. The highest BCUT2D eigenvalue weighted by molar-refractivity contribution is 5.69. The molecule has 2 fully saturated rings. The van der Waals surface area contributed by atoms with E-state index in [0.717, 1.165) is 31.1 Å². The van der Waals surface area contributed by atoms with Crippen molar-refractivity contribution in [1.82, 2.24) is 4.90 Å². The van der Waals surface area contributed by atoms with Crippen molar-refractivity contribution in [2.45, 2.75) is 32.3 Å². The summed E-state index contributed by atoms with van der Waals surface area (Å²) in [6.45, 7) is 6.15. The molecule has 5 heteroatoms. The molecular weight excluding hydrogens is 280 g/mol. The SMILES string of the molecule is Cc1ccccc1OCC1CN(C[NH+]2CCCCC2)C(=O)O1. The van der Waals surface area contributed by atoms with E-state index in [1.54, 1.807) is 0 Å². The van der Waals surface area contributed by atoms with Gasteiger partial charge in [-0.15, -0.1) is 0 Å². The average molecular weight is 305 g/mol.